The maximum atomic E-state index is 11.4. The van der Waals surface area contributed by atoms with Crippen LogP contribution in [0.2, 0.25) is 0 Å². The summed E-state index contributed by atoms with van der Waals surface area (Å²) in [5.74, 6) is 0.350. The fraction of sp³-hybridized carbons (Fsp3) is 0.182. The van der Waals surface area contributed by atoms with Crippen molar-refractivity contribution in [2.45, 2.75) is 0 Å². The van der Waals surface area contributed by atoms with Gasteiger partial charge in [0.25, 0.3) is 5.91 Å². The number of hydrogen-bond donors (Lipinski definition) is 2. The predicted octanol–water partition coefficient (Wildman–Crippen LogP) is 0.990. The van der Waals surface area contributed by atoms with Gasteiger partial charge >= 0.3 is 0 Å². The maximum Gasteiger partial charge on any atom is 0.272 e. The third-order valence-corrected chi connectivity index (χ3v) is 1.73. The van der Waals surface area contributed by atoms with Crippen molar-refractivity contribution < 1.29 is 4.79 Å². The summed E-state index contributed by atoms with van der Waals surface area (Å²) in [6, 6.07) is 3.30. The van der Waals surface area contributed by atoms with Crippen molar-refractivity contribution in [1.82, 2.24) is 15.5 Å². The average molecular weight is 218 g/mol. The van der Waals surface area contributed by atoms with E-state index in [1.165, 1.54) is 0 Å². The summed E-state index contributed by atoms with van der Waals surface area (Å²) in [5, 5.41) is 13.2. The quantitative estimate of drug-likeness (QED) is 0.699. The zero-order valence-corrected chi connectivity index (χ0v) is 8.94. The van der Waals surface area contributed by atoms with Crippen LogP contribution in [0.4, 0.5) is 5.82 Å². The van der Waals surface area contributed by atoms with Gasteiger partial charge in [0.05, 0.1) is 0 Å². The molecule has 1 amide bonds. The average Bonchev–Trinajstić information content (AvgIpc) is 2.34. The number of amides is 1. The molecular formula is C11H14N4O. The second kappa shape index (κ2) is 6.34. The first-order valence-electron chi connectivity index (χ1n) is 4.85. The van der Waals surface area contributed by atoms with Gasteiger partial charge in [0.1, 0.15) is 5.82 Å². The van der Waals surface area contributed by atoms with Crippen LogP contribution in [0.5, 0.6) is 0 Å². The zero-order chi connectivity index (χ0) is 11.8. The van der Waals surface area contributed by atoms with E-state index in [4.69, 9.17) is 0 Å². The van der Waals surface area contributed by atoms with Crippen LogP contribution in [-0.2, 0) is 0 Å². The number of nitrogens with one attached hydrogen (secondary N) is 2. The number of carbonyl (C=O) groups excluding carboxylic acids is 1. The Morgan fingerprint density at radius 3 is 2.56 bits per heavy atom. The Bertz CT molecular complexity index is 372. The van der Waals surface area contributed by atoms with Crippen LogP contribution in [0.25, 0.3) is 0 Å². The van der Waals surface area contributed by atoms with Crippen molar-refractivity contribution >= 4 is 11.7 Å². The van der Waals surface area contributed by atoms with Crippen LogP contribution in [0.3, 0.4) is 0 Å². The van der Waals surface area contributed by atoms with Crippen LogP contribution in [0.1, 0.15) is 10.5 Å². The van der Waals surface area contributed by atoms with Crippen molar-refractivity contribution in [1.29, 1.82) is 0 Å². The van der Waals surface area contributed by atoms with E-state index in [9.17, 15) is 4.79 Å². The Kier molecular flexibility index (Phi) is 4.72. The number of hydrogen-bond acceptors (Lipinski definition) is 4. The molecule has 1 heterocycles. The molecule has 1 aromatic heterocycles. The van der Waals surface area contributed by atoms with E-state index in [-0.39, 0.29) is 11.6 Å². The fourth-order valence-electron chi connectivity index (χ4n) is 0.980. The molecule has 0 aromatic carbocycles. The Hall–Kier alpha value is -2.17. The molecule has 0 aliphatic rings. The number of carbonyl (C=O) groups is 1. The van der Waals surface area contributed by atoms with E-state index in [1.54, 1.807) is 24.3 Å². The minimum absolute atomic E-state index is 0.261. The van der Waals surface area contributed by atoms with Crippen LogP contribution in [0, 0.1) is 0 Å². The Labute approximate surface area is 94.3 Å². The molecule has 0 atom stereocenters. The predicted molar refractivity (Wildman–Crippen MR) is 63.2 cm³/mol. The third-order valence-electron chi connectivity index (χ3n) is 1.73. The van der Waals surface area contributed by atoms with Crippen LogP contribution in [0.15, 0.2) is 37.4 Å². The summed E-state index contributed by atoms with van der Waals surface area (Å²) in [5.41, 5.74) is 0.283. The van der Waals surface area contributed by atoms with E-state index >= 15 is 0 Å². The van der Waals surface area contributed by atoms with Gasteiger partial charge in [-0.05, 0) is 12.1 Å². The smallest absolute Gasteiger partial charge is 0.272 e. The lowest BCUT2D eigenvalue weighted by Gasteiger charge is -2.03. The number of anilines is 1. The first kappa shape index (κ1) is 11.9. The Morgan fingerprint density at radius 2 is 2.00 bits per heavy atom. The van der Waals surface area contributed by atoms with Gasteiger partial charge < -0.3 is 10.6 Å². The van der Waals surface area contributed by atoms with Crippen LogP contribution in [-0.4, -0.2) is 29.2 Å². The molecule has 2 N–H and O–H groups in total. The van der Waals surface area contributed by atoms with Crippen LogP contribution < -0.4 is 10.6 Å². The molecule has 1 aromatic rings. The lowest BCUT2D eigenvalue weighted by molar-refractivity contribution is 0.0952. The van der Waals surface area contributed by atoms with Crippen molar-refractivity contribution in [3.63, 3.8) is 0 Å². The lowest BCUT2D eigenvalue weighted by Crippen LogP contribution is -2.24. The van der Waals surface area contributed by atoms with Crippen molar-refractivity contribution in [2.24, 2.45) is 0 Å². The first-order chi connectivity index (χ1) is 7.77. The molecule has 84 valence electrons. The lowest BCUT2D eigenvalue weighted by atomic mass is 10.3. The molecule has 0 aliphatic heterocycles. The SMILES string of the molecule is C=CCNC(=O)c1ccc(NCC=C)nn1. The molecular weight excluding hydrogens is 204 g/mol. The molecule has 16 heavy (non-hydrogen) atoms. The van der Waals surface area contributed by atoms with E-state index in [0.29, 0.717) is 18.9 Å². The number of aromatic nitrogens is 2. The summed E-state index contributed by atoms with van der Waals surface area (Å²) >= 11 is 0. The fourth-order valence-corrected chi connectivity index (χ4v) is 0.980. The van der Waals surface area contributed by atoms with Crippen LogP contribution >= 0.6 is 0 Å². The molecule has 0 bridgehead atoms. The van der Waals surface area contributed by atoms with Crippen molar-refractivity contribution in [3.05, 3.63) is 43.1 Å². The van der Waals surface area contributed by atoms with E-state index in [1.807, 2.05) is 0 Å². The van der Waals surface area contributed by atoms with E-state index < -0.39 is 0 Å². The molecule has 0 saturated carbocycles. The summed E-state index contributed by atoms with van der Waals surface area (Å²) in [7, 11) is 0. The third kappa shape index (κ3) is 3.53. The molecule has 5 nitrogen and oxygen atoms in total. The monoisotopic (exact) mass is 218 g/mol. The highest BCUT2D eigenvalue weighted by Gasteiger charge is 2.05. The summed E-state index contributed by atoms with van der Waals surface area (Å²) < 4.78 is 0. The highest BCUT2D eigenvalue weighted by Crippen LogP contribution is 2.01. The van der Waals surface area contributed by atoms with E-state index in [2.05, 4.69) is 34.0 Å². The van der Waals surface area contributed by atoms with Gasteiger partial charge in [-0.2, -0.15) is 0 Å². The molecule has 0 spiro atoms. The minimum Gasteiger partial charge on any atom is -0.365 e. The molecule has 0 fully saturated rings. The van der Waals surface area contributed by atoms with Gasteiger partial charge in [-0.1, -0.05) is 12.2 Å². The van der Waals surface area contributed by atoms with Crippen molar-refractivity contribution in [3.8, 4) is 0 Å². The summed E-state index contributed by atoms with van der Waals surface area (Å²) in [6.07, 6.45) is 3.32. The number of nitrogens with zero attached hydrogens (tertiary/aromatic N) is 2. The van der Waals surface area contributed by atoms with E-state index in [0.717, 1.165) is 0 Å². The normalized spacial score (nSPS) is 9.25. The Morgan fingerprint density at radius 1 is 1.25 bits per heavy atom. The second-order valence-electron chi connectivity index (χ2n) is 2.97. The standard InChI is InChI=1S/C11H14N4O/c1-3-7-12-10-6-5-9(14-15-10)11(16)13-8-4-2/h3-6H,1-2,7-8H2,(H,12,15)(H,13,16). The van der Waals surface area contributed by atoms with Crippen molar-refractivity contribution in [2.75, 3.05) is 18.4 Å². The topological polar surface area (TPSA) is 66.9 Å². The molecule has 0 radical (unpaired) electrons. The van der Waals surface area contributed by atoms with Gasteiger partial charge in [0, 0.05) is 13.1 Å². The largest absolute Gasteiger partial charge is 0.365 e. The Balaban J connectivity index is 2.59. The first-order valence-corrected chi connectivity index (χ1v) is 4.85. The molecule has 5 heteroatoms. The summed E-state index contributed by atoms with van der Waals surface area (Å²) in [6.45, 7) is 8.10. The zero-order valence-electron chi connectivity index (χ0n) is 8.94. The molecule has 1 rings (SSSR count). The second-order valence-corrected chi connectivity index (χ2v) is 2.97. The molecule has 0 saturated heterocycles. The van der Waals surface area contributed by atoms with Gasteiger partial charge in [-0.25, -0.2) is 0 Å². The van der Waals surface area contributed by atoms with Gasteiger partial charge in [-0.3, -0.25) is 4.79 Å². The van der Waals surface area contributed by atoms with Gasteiger partial charge in [-0.15, -0.1) is 23.4 Å². The van der Waals surface area contributed by atoms with Gasteiger partial charge in [0.2, 0.25) is 0 Å². The highest BCUT2D eigenvalue weighted by molar-refractivity contribution is 5.92. The highest BCUT2D eigenvalue weighted by atomic mass is 16.1. The van der Waals surface area contributed by atoms with Gasteiger partial charge in [0.15, 0.2) is 5.69 Å². The maximum absolute atomic E-state index is 11.4. The summed E-state index contributed by atoms with van der Waals surface area (Å²) in [4.78, 5) is 11.4. The molecule has 0 aliphatic carbocycles. The number of rotatable bonds is 6. The molecule has 0 unspecified atom stereocenters. The minimum atomic E-state index is -0.261.